The Hall–Kier alpha value is -0.0800. The molecule has 1 N–H and O–H groups in total. The second-order valence-electron chi connectivity index (χ2n) is 8.42. The molecule has 2 saturated carbocycles. The van der Waals surface area contributed by atoms with Crippen LogP contribution in [0.25, 0.3) is 0 Å². The molecule has 2 nitrogen and oxygen atoms in total. The van der Waals surface area contributed by atoms with E-state index in [0.717, 1.165) is 11.8 Å². The first-order chi connectivity index (χ1) is 11.3. The van der Waals surface area contributed by atoms with E-state index in [1.165, 1.54) is 89.9 Å². The molecule has 136 valence electrons. The molecule has 1 unspecified atom stereocenters. The fraction of sp³-hybridized carbons (Fsp3) is 1.00. The molecule has 0 saturated heterocycles. The molecule has 23 heavy (non-hydrogen) atoms. The molecule has 0 aromatic rings. The maximum absolute atomic E-state index is 9.54. The smallest absolute Gasteiger partial charge is 0.0983 e. The lowest BCUT2D eigenvalue weighted by atomic mass is 9.70. The molecule has 2 aliphatic carbocycles. The van der Waals surface area contributed by atoms with Gasteiger partial charge in [-0.25, -0.2) is 4.89 Å². The molecule has 0 bridgehead atoms. The van der Waals surface area contributed by atoms with Gasteiger partial charge in [0.25, 0.3) is 0 Å². The maximum atomic E-state index is 9.54. The third kappa shape index (κ3) is 6.05. The Morgan fingerprint density at radius 3 is 1.70 bits per heavy atom. The Morgan fingerprint density at radius 2 is 1.26 bits per heavy atom. The van der Waals surface area contributed by atoms with Crippen LogP contribution in [0, 0.1) is 23.7 Å². The summed E-state index contributed by atoms with van der Waals surface area (Å²) in [7, 11) is 0. The standard InChI is InChI=1S/C21H40O2/c1-3-5-6-8-18-11-15-20(16-12-18)21(23-22)19-13-9-17(7-4-2)10-14-19/h17-22H,3-16H2,1-2H3. The highest BCUT2D eigenvalue weighted by molar-refractivity contribution is 4.85. The zero-order valence-corrected chi connectivity index (χ0v) is 15.6. The normalized spacial score (nSPS) is 33.5. The van der Waals surface area contributed by atoms with Crippen LogP contribution >= 0.6 is 0 Å². The third-order valence-electron chi connectivity index (χ3n) is 6.75. The van der Waals surface area contributed by atoms with Gasteiger partial charge in [0.2, 0.25) is 0 Å². The number of rotatable bonds is 9. The van der Waals surface area contributed by atoms with Gasteiger partial charge in [-0.1, -0.05) is 78.1 Å². The van der Waals surface area contributed by atoms with Gasteiger partial charge in [0.15, 0.2) is 0 Å². The molecule has 0 aromatic heterocycles. The number of hydrogen-bond acceptors (Lipinski definition) is 2. The van der Waals surface area contributed by atoms with Crippen LogP contribution in [-0.4, -0.2) is 11.4 Å². The summed E-state index contributed by atoms with van der Waals surface area (Å²) >= 11 is 0. The zero-order chi connectivity index (χ0) is 16.5. The Labute approximate surface area is 144 Å². The van der Waals surface area contributed by atoms with E-state index in [1.54, 1.807) is 0 Å². The molecule has 0 radical (unpaired) electrons. The van der Waals surface area contributed by atoms with E-state index in [4.69, 9.17) is 4.89 Å². The van der Waals surface area contributed by atoms with Crippen molar-refractivity contribution in [3.05, 3.63) is 0 Å². The lowest BCUT2D eigenvalue weighted by Gasteiger charge is -2.39. The second kappa shape index (κ2) is 10.7. The summed E-state index contributed by atoms with van der Waals surface area (Å²) in [6, 6.07) is 0. The van der Waals surface area contributed by atoms with Crippen LogP contribution in [0.5, 0.6) is 0 Å². The van der Waals surface area contributed by atoms with Gasteiger partial charge in [0, 0.05) is 0 Å². The molecule has 2 rings (SSSR count). The molecule has 0 amide bonds. The first-order valence-corrected chi connectivity index (χ1v) is 10.6. The van der Waals surface area contributed by atoms with E-state index in [0.29, 0.717) is 11.8 Å². The van der Waals surface area contributed by atoms with Crippen LogP contribution in [0.15, 0.2) is 0 Å². The van der Waals surface area contributed by atoms with Crippen molar-refractivity contribution >= 4 is 0 Å². The minimum Gasteiger partial charge on any atom is -0.252 e. The van der Waals surface area contributed by atoms with Gasteiger partial charge in [-0.3, -0.25) is 5.26 Å². The van der Waals surface area contributed by atoms with Crippen molar-refractivity contribution in [1.82, 2.24) is 0 Å². The monoisotopic (exact) mass is 324 g/mol. The van der Waals surface area contributed by atoms with E-state index in [2.05, 4.69) is 13.8 Å². The molecule has 1 atom stereocenters. The van der Waals surface area contributed by atoms with Crippen LogP contribution in [0.2, 0.25) is 0 Å². The van der Waals surface area contributed by atoms with E-state index >= 15 is 0 Å². The Balaban J connectivity index is 1.72. The van der Waals surface area contributed by atoms with E-state index in [9.17, 15) is 5.26 Å². The van der Waals surface area contributed by atoms with Crippen LogP contribution in [0.1, 0.15) is 104 Å². The molecule has 2 heteroatoms. The average molecular weight is 325 g/mol. The highest BCUT2D eigenvalue weighted by Crippen LogP contribution is 2.41. The first-order valence-electron chi connectivity index (χ1n) is 10.6. The van der Waals surface area contributed by atoms with E-state index in [-0.39, 0.29) is 6.10 Å². The van der Waals surface area contributed by atoms with Gasteiger partial charge >= 0.3 is 0 Å². The van der Waals surface area contributed by atoms with Crippen molar-refractivity contribution in [3.8, 4) is 0 Å². The fourth-order valence-electron chi connectivity index (χ4n) is 5.26. The second-order valence-corrected chi connectivity index (χ2v) is 8.42. The van der Waals surface area contributed by atoms with Gasteiger partial charge in [-0.2, -0.15) is 0 Å². The summed E-state index contributed by atoms with van der Waals surface area (Å²) in [4.78, 5) is 5.06. The van der Waals surface area contributed by atoms with Crippen molar-refractivity contribution in [2.75, 3.05) is 0 Å². The molecule has 0 spiro atoms. The SMILES string of the molecule is CCCCCC1CCC(C(OO)C2CCC(CCC)CC2)CC1. The quantitative estimate of drug-likeness (QED) is 0.286. The Morgan fingerprint density at radius 1 is 0.739 bits per heavy atom. The summed E-state index contributed by atoms with van der Waals surface area (Å²) in [6.07, 6.45) is 18.9. The minimum atomic E-state index is 0.120. The molecule has 2 fully saturated rings. The summed E-state index contributed by atoms with van der Waals surface area (Å²) in [5.41, 5.74) is 0. The molecular formula is C21H40O2. The largest absolute Gasteiger partial charge is 0.252 e. The third-order valence-corrected chi connectivity index (χ3v) is 6.75. The summed E-state index contributed by atoms with van der Waals surface area (Å²) in [5, 5.41) is 9.54. The van der Waals surface area contributed by atoms with Crippen molar-refractivity contribution in [3.63, 3.8) is 0 Å². The molecule has 2 aliphatic rings. The van der Waals surface area contributed by atoms with Crippen molar-refractivity contribution in [1.29, 1.82) is 0 Å². The van der Waals surface area contributed by atoms with Gasteiger partial charge < -0.3 is 0 Å². The zero-order valence-electron chi connectivity index (χ0n) is 15.6. The van der Waals surface area contributed by atoms with Gasteiger partial charge in [-0.05, 0) is 49.4 Å². The van der Waals surface area contributed by atoms with Crippen LogP contribution in [0.4, 0.5) is 0 Å². The molecule has 0 heterocycles. The molecular weight excluding hydrogens is 284 g/mol. The lowest BCUT2D eigenvalue weighted by Crippen LogP contribution is -2.36. The fourth-order valence-corrected chi connectivity index (χ4v) is 5.26. The van der Waals surface area contributed by atoms with Gasteiger partial charge in [0.05, 0.1) is 6.10 Å². The number of unbranched alkanes of at least 4 members (excludes halogenated alkanes) is 2. The lowest BCUT2D eigenvalue weighted by molar-refractivity contribution is -0.307. The van der Waals surface area contributed by atoms with Crippen LogP contribution in [-0.2, 0) is 4.89 Å². The predicted octanol–water partition coefficient (Wildman–Crippen LogP) is 6.84. The Kier molecular flexibility index (Phi) is 8.97. The Bertz CT molecular complexity index is 288. The van der Waals surface area contributed by atoms with E-state index in [1.807, 2.05) is 0 Å². The van der Waals surface area contributed by atoms with E-state index < -0.39 is 0 Å². The molecule has 0 aromatic carbocycles. The highest BCUT2D eigenvalue weighted by Gasteiger charge is 2.35. The topological polar surface area (TPSA) is 29.5 Å². The average Bonchev–Trinajstić information content (AvgIpc) is 2.59. The minimum absolute atomic E-state index is 0.120. The first kappa shape index (κ1) is 19.2. The van der Waals surface area contributed by atoms with Gasteiger partial charge in [-0.15, -0.1) is 0 Å². The summed E-state index contributed by atoms with van der Waals surface area (Å²) in [5.74, 6) is 3.09. The summed E-state index contributed by atoms with van der Waals surface area (Å²) < 4.78 is 0. The van der Waals surface area contributed by atoms with Crippen molar-refractivity contribution in [2.24, 2.45) is 23.7 Å². The van der Waals surface area contributed by atoms with Crippen molar-refractivity contribution < 1.29 is 10.1 Å². The van der Waals surface area contributed by atoms with Gasteiger partial charge in [0.1, 0.15) is 0 Å². The summed E-state index contributed by atoms with van der Waals surface area (Å²) in [6.45, 7) is 4.58. The maximum Gasteiger partial charge on any atom is 0.0983 e. The highest BCUT2D eigenvalue weighted by atomic mass is 17.1. The van der Waals surface area contributed by atoms with Crippen LogP contribution < -0.4 is 0 Å². The van der Waals surface area contributed by atoms with Crippen LogP contribution in [0.3, 0.4) is 0 Å². The predicted molar refractivity (Wildman–Crippen MR) is 97.4 cm³/mol. The van der Waals surface area contributed by atoms with Crippen molar-refractivity contribution in [2.45, 2.75) is 110 Å². The molecule has 0 aliphatic heterocycles. The number of hydrogen-bond donors (Lipinski definition) is 1.